The van der Waals surface area contributed by atoms with E-state index >= 15 is 0 Å². The Morgan fingerprint density at radius 2 is 2.04 bits per heavy atom. The number of β-amino-alcohol motifs (C(OH)–C–C–N with tert-alkyl or cyclic N) is 1. The van der Waals surface area contributed by atoms with Gasteiger partial charge in [-0.25, -0.2) is 8.78 Å². The number of halogens is 2. The average Bonchev–Trinajstić information content (AvgIpc) is 3.15. The second kappa shape index (κ2) is 6.36. The van der Waals surface area contributed by atoms with E-state index in [2.05, 4.69) is 0 Å². The summed E-state index contributed by atoms with van der Waals surface area (Å²) in [6.45, 7) is 4.02. The van der Waals surface area contributed by atoms with E-state index in [-0.39, 0.29) is 30.5 Å². The molecule has 3 rings (SSSR count). The molecule has 2 heterocycles. The van der Waals surface area contributed by atoms with E-state index in [4.69, 9.17) is 0 Å². The highest BCUT2D eigenvalue weighted by Gasteiger charge is 2.38. The predicted octanol–water partition coefficient (Wildman–Crippen LogP) is 3.30. The molecule has 0 radical (unpaired) electrons. The minimum Gasteiger partial charge on any atom is -0.391 e. The number of benzene rings is 1. The van der Waals surface area contributed by atoms with Crippen LogP contribution >= 0.6 is 0 Å². The van der Waals surface area contributed by atoms with E-state index in [1.807, 2.05) is 24.6 Å². The third-order valence-electron chi connectivity index (χ3n) is 4.41. The number of aliphatic hydroxyl groups is 1. The van der Waals surface area contributed by atoms with Crippen LogP contribution < -0.4 is 0 Å². The average molecular weight is 334 g/mol. The van der Waals surface area contributed by atoms with Crippen LogP contribution in [-0.2, 0) is 0 Å². The highest BCUT2D eigenvalue weighted by Crippen LogP contribution is 2.35. The molecule has 2 atom stereocenters. The lowest BCUT2D eigenvalue weighted by Gasteiger charge is -2.26. The van der Waals surface area contributed by atoms with Crippen LogP contribution in [0, 0.1) is 11.6 Å². The van der Waals surface area contributed by atoms with E-state index in [0.717, 1.165) is 18.2 Å². The Balaban J connectivity index is 1.97. The first-order valence-electron chi connectivity index (χ1n) is 7.99. The van der Waals surface area contributed by atoms with Crippen molar-refractivity contribution in [1.82, 2.24) is 9.47 Å². The second-order valence-electron chi connectivity index (χ2n) is 6.42. The van der Waals surface area contributed by atoms with Crippen LogP contribution in [0.15, 0.2) is 36.5 Å². The summed E-state index contributed by atoms with van der Waals surface area (Å²) in [6, 6.07) is 6.08. The zero-order valence-corrected chi connectivity index (χ0v) is 13.6. The first-order chi connectivity index (χ1) is 11.4. The van der Waals surface area contributed by atoms with Gasteiger partial charge in [0.15, 0.2) is 0 Å². The summed E-state index contributed by atoms with van der Waals surface area (Å²) in [7, 11) is 0. The van der Waals surface area contributed by atoms with Crippen molar-refractivity contribution in [3.05, 3.63) is 59.4 Å². The fourth-order valence-electron chi connectivity index (χ4n) is 3.28. The lowest BCUT2D eigenvalue weighted by Crippen LogP contribution is -2.33. The van der Waals surface area contributed by atoms with Crippen LogP contribution in [0.3, 0.4) is 0 Å². The van der Waals surface area contributed by atoms with Gasteiger partial charge in [0.05, 0.1) is 12.1 Å². The number of likely N-dealkylation sites (tertiary alicyclic amines) is 1. The fourth-order valence-corrected chi connectivity index (χ4v) is 3.28. The van der Waals surface area contributed by atoms with Gasteiger partial charge in [0, 0.05) is 24.3 Å². The molecule has 1 amide bonds. The number of rotatable bonds is 3. The summed E-state index contributed by atoms with van der Waals surface area (Å²) >= 11 is 0. The molecular formula is C18H20F2N2O2. The van der Waals surface area contributed by atoms with Crippen LogP contribution in [0.25, 0.3) is 0 Å². The standard InChI is InChI=1S/C18H20F2N2O2/c1-11(2)21-7-3-4-16(21)18(24)22-10-13(23)9-17(22)14-8-12(19)5-6-15(14)20/h3-8,11,13,17,23H,9-10H2,1-2H3/t13-,17+/m0/s1. The molecule has 1 aliphatic heterocycles. The van der Waals surface area contributed by atoms with Gasteiger partial charge in [0.1, 0.15) is 17.3 Å². The molecule has 0 saturated carbocycles. The maximum absolute atomic E-state index is 14.1. The molecular weight excluding hydrogens is 314 g/mol. The van der Waals surface area contributed by atoms with Crippen LogP contribution in [0.1, 0.15) is 48.4 Å². The highest BCUT2D eigenvalue weighted by molar-refractivity contribution is 5.93. The molecule has 0 bridgehead atoms. The third-order valence-corrected chi connectivity index (χ3v) is 4.41. The number of amides is 1. The van der Waals surface area contributed by atoms with Crippen molar-refractivity contribution < 1.29 is 18.7 Å². The molecule has 128 valence electrons. The SMILES string of the molecule is CC(C)n1cccc1C(=O)N1C[C@@H](O)C[C@@H]1c1cc(F)ccc1F. The summed E-state index contributed by atoms with van der Waals surface area (Å²) in [5.41, 5.74) is 0.573. The molecule has 1 N–H and O–H groups in total. The molecule has 0 unspecified atom stereocenters. The number of hydrogen-bond donors (Lipinski definition) is 1. The number of aromatic nitrogens is 1. The van der Waals surface area contributed by atoms with Gasteiger partial charge in [-0.2, -0.15) is 0 Å². The van der Waals surface area contributed by atoms with Crippen molar-refractivity contribution in [3.8, 4) is 0 Å². The zero-order chi connectivity index (χ0) is 17.4. The second-order valence-corrected chi connectivity index (χ2v) is 6.42. The Morgan fingerprint density at radius 3 is 2.75 bits per heavy atom. The number of carbonyl (C=O) groups is 1. The first kappa shape index (κ1) is 16.6. The van der Waals surface area contributed by atoms with Crippen LogP contribution in [0.2, 0.25) is 0 Å². The Bertz CT molecular complexity index is 757. The van der Waals surface area contributed by atoms with Crippen molar-refractivity contribution in [2.45, 2.75) is 38.5 Å². The lowest BCUT2D eigenvalue weighted by atomic mass is 10.0. The maximum Gasteiger partial charge on any atom is 0.271 e. The molecule has 1 aliphatic rings. The van der Waals surface area contributed by atoms with E-state index in [9.17, 15) is 18.7 Å². The molecule has 6 heteroatoms. The van der Waals surface area contributed by atoms with Gasteiger partial charge in [-0.1, -0.05) is 0 Å². The van der Waals surface area contributed by atoms with Gasteiger partial charge in [-0.3, -0.25) is 4.79 Å². The summed E-state index contributed by atoms with van der Waals surface area (Å²) in [6.07, 6.45) is 1.24. The van der Waals surface area contributed by atoms with Gasteiger partial charge in [0.25, 0.3) is 5.91 Å². The van der Waals surface area contributed by atoms with Crippen molar-refractivity contribution in [1.29, 1.82) is 0 Å². The topological polar surface area (TPSA) is 45.5 Å². The Morgan fingerprint density at radius 1 is 1.29 bits per heavy atom. The summed E-state index contributed by atoms with van der Waals surface area (Å²) in [4.78, 5) is 14.4. The molecule has 24 heavy (non-hydrogen) atoms. The Kier molecular flexibility index (Phi) is 4.41. The largest absolute Gasteiger partial charge is 0.391 e. The van der Waals surface area contributed by atoms with Crippen molar-refractivity contribution in [2.75, 3.05) is 6.54 Å². The van der Waals surface area contributed by atoms with E-state index < -0.39 is 23.8 Å². The quantitative estimate of drug-likeness (QED) is 0.936. The van der Waals surface area contributed by atoms with Gasteiger partial charge >= 0.3 is 0 Å². The van der Waals surface area contributed by atoms with Gasteiger partial charge in [-0.05, 0) is 50.6 Å². The Labute approximate surface area is 139 Å². The van der Waals surface area contributed by atoms with Gasteiger partial charge in [0.2, 0.25) is 0 Å². The predicted molar refractivity (Wildman–Crippen MR) is 85.6 cm³/mol. The van der Waals surface area contributed by atoms with Gasteiger partial charge in [-0.15, -0.1) is 0 Å². The zero-order valence-electron chi connectivity index (χ0n) is 13.6. The fraction of sp³-hybridized carbons (Fsp3) is 0.389. The molecule has 2 aromatic rings. The molecule has 0 aliphatic carbocycles. The summed E-state index contributed by atoms with van der Waals surface area (Å²) in [5, 5.41) is 10.00. The van der Waals surface area contributed by atoms with E-state index in [1.165, 1.54) is 4.90 Å². The van der Waals surface area contributed by atoms with Crippen LogP contribution in [-0.4, -0.2) is 33.1 Å². The van der Waals surface area contributed by atoms with Crippen molar-refractivity contribution in [2.24, 2.45) is 0 Å². The number of nitrogens with zero attached hydrogens (tertiary/aromatic N) is 2. The summed E-state index contributed by atoms with van der Waals surface area (Å²) in [5.74, 6) is -1.43. The number of carbonyl (C=O) groups excluding carboxylic acids is 1. The maximum atomic E-state index is 14.1. The molecule has 1 aromatic carbocycles. The lowest BCUT2D eigenvalue weighted by molar-refractivity contribution is 0.0701. The minimum atomic E-state index is -0.760. The van der Waals surface area contributed by atoms with Crippen molar-refractivity contribution in [3.63, 3.8) is 0 Å². The normalized spacial score (nSPS) is 20.8. The first-order valence-corrected chi connectivity index (χ1v) is 7.99. The van der Waals surface area contributed by atoms with E-state index in [0.29, 0.717) is 5.69 Å². The highest BCUT2D eigenvalue weighted by atomic mass is 19.1. The Hall–Kier alpha value is -2.21. The molecule has 1 fully saturated rings. The monoisotopic (exact) mass is 334 g/mol. The molecule has 1 aromatic heterocycles. The molecule has 4 nitrogen and oxygen atoms in total. The molecule has 1 saturated heterocycles. The van der Waals surface area contributed by atoms with Crippen LogP contribution in [0.5, 0.6) is 0 Å². The smallest absolute Gasteiger partial charge is 0.271 e. The number of hydrogen-bond acceptors (Lipinski definition) is 2. The minimum absolute atomic E-state index is 0.0934. The van der Waals surface area contributed by atoms with Crippen molar-refractivity contribution >= 4 is 5.91 Å². The van der Waals surface area contributed by atoms with Gasteiger partial charge < -0.3 is 14.6 Å². The van der Waals surface area contributed by atoms with E-state index in [1.54, 1.807) is 12.1 Å². The summed E-state index contributed by atoms with van der Waals surface area (Å²) < 4.78 is 29.5. The third kappa shape index (κ3) is 2.94. The molecule has 0 spiro atoms. The number of aliphatic hydroxyl groups excluding tert-OH is 1. The van der Waals surface area contributed by atoms with Crippen LogP contribution in [0.4, 0.5) is 8.78 Å².